The number of hydrogen-bond acceptors (Lipinski definition) is 7. The van der Waals surface area contributed by atoms with Gasteiger partial charge in [-0.2, -0.15) is 5.10 Å². The van der Waals surface area contributed by atoms with E-state index in [1.807, 2.05) is 59.9 Å². The second kappa shape index (κ2) is 28.7. The number of allylic oxidation sites excluding steroid dienone is 7. The molecule has 9 heteroatoms. The maximum absolute atomic E-state index is 13.8. The Balaban J connectivity index is 0. The molecule has 0 aliphatic heterocycles. The highest BCUT2D eigenvalue weighted by molar-refractivity contribution is 5.74. The van der Waals surface area contributed by atoms with Crippen molar-refractivity contribution in [1.82, 2.24) is 15.1 Å². The fourth-order valence-electron chi connectivity index (χ4n) is 4.16. The molecule has 8 nitrogen and oxygen atoms in total. The standard InChI is InChI=1S/C33H45FN4O2.C3H8O2.C3H6.C2H6/c1-7-25(4)33-30(16-12-10-11-13-17-31(39)40-9-3)32(27-18-20-28(34)21-19-27)37-38(33)29(15-14-23-35-6)22-24-36-26(5)8-2;1-3(2,4)5;1-3-2;1-2/h8,12,14-16,18-25,29,36H,7,9-11,13,17H2,1-6H3;4-5H,1-2H3;3H,1H2,2H3;1-2H3/b15-14?,16-12+,24-22+,26-8+,35-23?;;;. The van der Waals surface area contributed by atoms with Crippen LogP contribution >= 0.6 is 0 Å². The van der Waals surface area contributed by atoms with Crippen molar-refractivity contribution >= 4 is 18.3 Å². The fourth-order valence-corrected chi connectivity index (χ4v) is 4.16. The largest absolute Gasteiger partial charge is 0.466 e. The predicted molar refractivity (Wildman–Crippen MR) is 210 cm³/mol. The van der Waals surface area contributed by atoms with Crippen LogP contribution in [0, 0.1) is 5.82 Å². The van der Waals surface area contributed by atoms with Gasteiger partial charge in [0.05, 0.1) is 24.0 Å². The van der Waals surface area contributed by atoms with Crippen LogP contribution in [0.3, 0.4) is 0 Å². The molecule has 0 aliphatic rings. The predicted octanol–water partition coefficient (Wildman–Crippen LogP) is 10.1. The quantitative estimate of drug-likeness (QED) is 0.0530. The summed E-state index contributed by atoms with van der Waals surface area (Å²) < 4.78 is 20.9. The molecule has 2 unspecified atom stereocenters. The van der Waals surface area contributed by atoms with Crippen molar-refractivity contribution in [2.24, 2.45) is 4.99 Å². The first kappa shape index (κ1) is 48.0. The molecule has 280 valence electrons. The number of rotatable bonds is 16. The highest BCUT2D eigenvalue weighted by Crippen LogP contribution is 2.35. The number of hydrogen-bond donors (Lipinski definition) is 3. The minimum absolute atomic E-state index is 0.148. The number of aliphatic hydroxyl groups is 2. The molecule has 0 bridgehead atoms. The molecule has 0 amide bonds. The Hall–Kier alpha value is -4.08. The molecule has 1 aromatic heterocycles. The zero-order valence-corrected chi connectivity index (χ0v) is 32.5. The molecular formula is C41H65FN4O4. The number of unbranched alkanes of at least 4 members (excludes halogenated alkanes) is 2. The van der Waals surface area contributed by atoms with Crippen molar-refractivity contribution in [1.29, 1.82) is 0 Å². The first-order valence-electron chi connectivity index (χ1n) is 17.6. The number of nitrogens with one attached hydrogen (secondary N) is 1. The van der Waals surface area contributed by atoms with E-state index in [1.165, 1.54) is 26.0 Å². The van der Waals surface area contributed by atoms with Crippen LogP contribution in [-0.4, -0.2) is 51.6 Å². The first-order chi connectivity index (χ1) is 23.8. The summed E-state index contributed by atoms with van der Waals surface area (Å²) in [4.78, 5) is 15.8. The number of esters is 1. The minimum atomic E-state index is -1.50. The van der Waals surface area contributed by atoms with Crippen LogP contribution in [0.25, 0.3) is 17.3 Å². The highest BCUT2D eigenvalue weighted by atomic mass is 19.1. The molecule has 0 fully saturated rings. The summed E-state index contributed by atoms with van der Waals surface area (Å²) in [5, 5.41) is 24.6. The Bertz CT molecular complexity index is 1340. The van der Waals surface area contributed by atoms with Crippen LogP contribution in [0.15, 0.2) is 84.2 Å². The van der Waals surface area contributed by atoms with Crippen LogP contribution in [0.4, 0.5) is 4.39 Å². The normalized spacial score (nSPS) is 12.9. The van der Waals surface area contributed by atoms with Gasteiger partial charge in [0.2, 0.25) is 0 Å². The molecular weight excluding hydrogens is 631 g/mol. The lowest BCUT2D eigenvalue weighted by atomic mass is 9.96. The summed E-state index contributed by atoms with van der Waals surface area (Å²) >= 11 is 0. The van der Waals surface area contributed by atoms with Crippen LogP contribution in [0.5, 0.6) is 0 Å². The second-order valence-electron chi connectivity index (χ2n) is 11.5. The van der Waals surface area contributed by atoms with E-state index in [0.29, 0.717) is 13.0 Å². The lowest BCUT2D eigenvalue weighted by Crippen LogP contribution is -2.15. The van der Waals surface area contributed by atoms with Gasteiger partial charge in [0.15, 0.2) is 5.79 Å². The van der Waals surface area contributed by atoms with Gasteiger partial charge in [-0.05, 0) is 116 Å². The molecule has 0 spiro atoms. The summed E-state index contributed by atoms with van der Waals surface area (Å²) in [6, 6.07) is 6.32. The van der Waals surface area contributed by atoms with Gasteiger partial charge in [-0.1, -0.05) is 58.1 Å². The van der Waals surface area contributed by atoms with Crippen molar-refractivity contribution in [3.8, 4) is 11.3 Å². The second-order valence-corrected chi connectivity index (χ2v) is 11.5. The van der Waals surface area contributed by atoms with Gasteiger partial charge in [0, 0.05) is 36.5 Å². The Morgan fingerprint density at radius 1 is 1.14 bits per heavy atom. The lowest BCUT2D eigenvalue weighted by Gasteiger charge is -2.18. The third-order valence-corrected chi connectivity index (χ3v) is 6.64. The fraction of sp³-hybridized carbons (Fsp3) is 0.488. The molecule has 3 N–H and O–H groups in total. The Morgan fingerprint density at radius 3 is 2.26 bits per heavy atom. The number of nitrogens with zero attached hydrogens (tertiary/aromatic N) is 3. The van der Waals surface area contributed by atoms with E-state index in [0.717, 1.165) is 53.9 Å². The van der Waals surface area contributed by atoms with Crippen LogP contribution < -0.4 is 5.32 Å². The zero-order valence-electron chi connectivity index (χ0n) is 32.5. The summed E-state index contributed by atoms with van der Waals surface area (Å²) in [5.41, 5.74) is 4.86. The number of benzene rings is 1. The third kappa shape index (κ3) is 21.8. The Morgan fingerprint density at radius 2 is 1.74 bits per heavy atom. The number of carbonyl (C=O) groups is 1. The van der Waals surface area contributed by atoms with Gasteiger partial charge >= 0.3 is 5.97 Å². The summed E-state index contributed by atoms with van der Waals surface area (Å²) in [6.45, 7) is 22.5. The molecule has 2 atom stereocenters. The zero-order chi connectivity index (χ0) is 38.5. The van der Waals surface area contributed by atoms with E-state index in [4.69, 9.17) is 20.0 Å². The van der Waals surface area contributed by atoms with E-state index < -0.39 is 5.79 Å². The smallest absolute Gasteiger partial charge is 0.305 e. The Labute approximate surface area is 302 Å². The van der Waals surface area contributed by atoms with E-state index in [-0.39, 0.29) is 23.7 Å². The van der Waals surface area contributed by atoms with E-state index in [2.05, 4.69) is 59.7 Å². The van der Waals surface area contributed by atoms with Crippen LogP contribution in [0.2, 0.25) is 0 Å². The minimum Gasteiger partial charge on any atom is -0.466 e. The number of aromatic nitrogens is 2. The molecule has 0 saturated carbocycles. The molecule has 0 saturated heterocycles. The average molecular weight is 697 g/mol. The summed E-state index contributed by atoms with van der Waals surface area (Å²) in [7, 11) is 1.74. The average Bonchev–Trinajstić information content (AvgIpc) is 3.45. The first-order valence-corrected chi connectivity index (χ1v) is 17.6. The number of carbonyl (C=O) groups excluding carboxylic acids is 1. The molecule has 0 aliphatic carbocycles. The monoisotopic (exact) mass is 696 g/mol. The van der Waals surface area contributed by atoms with E-state index >= 15 is 0 Å². The van der Waals surface area contributed by atoms with Crippen molar-refractivity contribution in [3.05, 3.63) is 96.3 Å². The van der Waals surface area contributed by atoms with Crippen LogP contribution in [-0.2, 0) is 9.53 Å². The van der Waals surface area contributed by atoms with E-state index in [1.54, 1.807) is 31.5 Å². The molecule has 1 aromatic carbocycles. The maximum Gasteiger partial charge on any atom is 0.305 e. The van der Waals surface area contributed by atoms with Crippen molar-refractivity contribution < 1.29 is 24.1 Å². The summed E-state index contributed by atoms with van der Waals surface area (Å²) in [5.74, 6) is -1.71. The van der Waals surface area contributed by atoms with Gasteiger partial charge in [0.25, 0.3) is 0 Å². The van der Waals surface area contributed by atoms with Gasteiger partial charge < -0.3 is 20.3 Å². The van der Waals surface area contributed by atoms with Crippen molar-refractivity contribution in [3.63, 3.8) is 0 Å². The van der Waals surface area contributed by atoms with Gasteiger partial charge in [-0.3, -0.25) is 14.5 Å². The SMILES string of the molecule is C/C=C(\C)N/C=C/C(C=CC=NC)n1nc(-c2ccc(F)cc2)c(/C=C/CCCCC(=O)OCC)c1C(C)CC.C=CC.CC.CC(C)(O)O. The number of ether oxygens (including phenoxy) is 1. The molecule has 2 rings (SSSR count). The van der Waals surface area contributed by atoms with Crippen molar-refractivity contribution in [2.45, 2.75) is 119 Å². The summed E-state index contributed by atoms with van der Waals surface area (Å²) in [6.07, 6.45) is 21.7. The topological polar surface area (TPSA) is 109 Å². The molecule has 1 heterocycles. The van der Waals surface area contributed by atoms with E-state index in [9.17, 15) is 9.18 Å². The molecule has 2 aromatic rings. The van der Waals surface area contributed by atoms with Gasteiger partial charge in [0.1, 0.15) is 5.82 Å². The maximum atomic E-state index is 13.8. The highest BCUT2D eigenvalue weighted by Gasteiger charge is 2.24. The number of aliphatic imine (C=N–C) groups is 1. The van der Waals surface area contributed by atoms with Crippen LogP contribution in [0.1, 0.15) is 125 Å². The molecule has 50 heavy (non-hydrogen) atoms. The lowest BCUT2D eigenvalue weighted by molar-refractivity contribution is -0.143. The van der Waals surface area contributed by atoms with Gasteiger partial charge in [-0.25, -0.2) is 4.39 Å². The third-order valence-electron chi connectivity index (χ3n) is 6.64. The van der Waals surface area contributed by atoms with Gasteiger partial charge in [-0.15, -0.1) is 6.58 Å². The van der Waals surface area contributed by atoms with Crippen molar-refractivity contribution in [2.75, 3.05) is 13.7 Å². The Kier molecular flexibility index (Phi) is 27.6. The number of halogens is 1. The molecule has 0 radical (unpaired) electrons.